The molecule has 0 fully saturated rings. The van der Waals surface area contributed by atoms with Crippen molar-refractivity contribution >= 4 is 5.91 Å². The van der Waals surface area contributed by atoms with Gasteiger partial charge in [0.15, 0.2) is 0 Å². The van der Waals surface area contributed by atoms with Gasteiger partial charge in [-0.25, -0.2) is 4.98 Å². The fourth-order valence-electron chi connectivity index (χ4n) is 2.18. The van der Waals surface area contributed by atoms with E-state index in [0.29, 0.717) is 17.4 Å². The van der Waals surface area contributed by atoms with Crippen LogP contribution in [0.5, 0.6) is 5.88 Å². The summed E-state index contributed by atoms with van der Waals surface area (Å²) in [4.78, 5) is 18.5. The summed E-state index contributed by atoms with van der Waals surface area (Å²) in [6, 6.07) is 3.58. The van der Waals surface area contributed by atoms with E-state index in [1.165, 1.54) is 7.11 Å². The molecule has 0 aliphatic carbocycles. The number of aromatic nitrogens is 1. The molecule has 1 aromatic heterocycles. The molecule has 0 aliphatic rings. The molecule has 0 saturated heterocycles. The topological polar surface area (TPSA) is 54.5 Å². The van der Waals surface area contributed by atoms with Crippen LogP contribution in [0, 0.1) is 5.92 Å². The minimum absolute atomic E-state index is 0.113. The number of methoxy groups -OCH3 is 1. The zero-order valence-electron chi connectivity index (χ0n) is 13.0. The lowest BCUT2D eigenvalue weighted by molar-refractivity contribution is 0.0920. The van der Waals surface area contributed by atoms with E-state index in [4.69, 9.17) is 4.74 Å². The minimum atomic E-state index is -0.137. The molecular weight excluding hydrogens is 254 g/mol. The Kier molecular flexibility index (Phi) is 6.45. The van der Waals surface area contributed by atoms with E-state index in [-0.39, 0.29) is 11.9 Å². The second-order valence-electron chi connectivity index (χ2n) is 5.62. The summed E-state index contributed by atoms with van der Waals surface area (Å²) < 4.78 is 5.13. The number of likely N-dealkylation sites (N-methyl/N-ethyl adjacent to an activating group) is 1. The van der Waals surface area contributed by atoms with Crippen molar-refractivity contribution in [3.8, 4) is 5.88 Å². The molecule has 1 amide bonds. The molecule has 20 heavy (non-hydrogen) atoms. The van der Waals surface area contributed by atoms with Crippen LogP contribution in [-0.2, 0) is 0 Å². The van der Waals surface area contributed by atoms with Crippen LogP contribution in [0.4, 0.5) is 0 Å². The molecule has 1 aromatic rings. The van der Waals surface area contributed by atoms with E-state index in [0.717, 1.165) is 13.0 Å². The third-order valence-electron chi connectivity index (χ3n) is 2.89. The maximum atomic E-state index is 12.3. The molecule has 112 valence electrons. The van der Waals surface area contributed by atoms with Crippen molar-refractivity contribution in [2.45, 2.75) is 26.3 Å². The van der Waals surface area contributed by atoms with Crippen molar-refractivity contribution < 1.29 is 9.53 Å². The molecule has 0 aliphatic heterocycles. The quantitative estimate of drug-likeness (QED) is 0.827. The molecule has 1 unspecified atom stereocenters. The molecular formula is C15H25N3O2. The van der Waals surface area contributed by atoms with Gasteiger partial charge in [-0.3, -0.25) is 4.79 Å². The standard InChI is InChI=1S/C15H25N3O2/c1-11(2)9-12(10-18(3)4)17-14(19)13-7-6-8-16-15(13)20-5/h6-8,11-12H,9-10H2,1-5H3,(H,17,19). The fourth-order valence-corrected chi connectivity index (χ4v) is 2.18. The first kappa shape index (κ1) is 16.4. The molecule has 0 radical (unpaired) electrons. The van der Waals surface area contributed by atoms with Gasteiger partial charge in [0.2, 0.25) is 5.88 Å². The zero-order chi connectivity index (χ0) is 15.1. The maximum absolute atomic E-state index is 12.3. The van der Waals surface area contributed by atoms with Gasteiger partial charge in [0.05, 0.1) is 7.11 Å². The van der Waals surface area contributed by atoms with Crippen molar-refractivity contribution in [2.24, 2.45) is 5.92 Å². The van der Waals surface area contributed by atoms with E-state index >= 15 is 0 Å². The second kappa shape index (κ2) is 7.85. The Bertz CT molecular complexity index is 423. The van der Waals surface area contributed by atoms with Gasteiger partial charge >= 0.3 is 0 Å². The highest BCUT2D eigenvalue weighted by molar-refractivity contribution is 5.96. The molecule has 5 heteroatoms. The first-order chi connectivity index (χ1) is 9.43. The van der Waals surface area contributed by atoms with E-state index in [2.05, 4.69) is 29.0 Å². The fraction of sp³-hybridized carbons (Fsp3) is 0.600. The number of ether oxygens (including phenoxy) is 1. The molecule has 0 saturated carbocycles. The maximum Gasteiger partial charge on any atom is 0.257 e. The van der Waals surface area contributed by atoms with Crippen LogP contribution in [0.3, 0.4) is 0 Å². The van der Waals surface area contributed by atoms with Crippen LogP contribution < -0.4 is 10.1 Å². The summed E-state index contributed by atoms with van der Waals surface area (Å²) in [6.45, 7) is 5.12. The van der Waals surface area contributed by atoms with E-state index < -0.39 is 0 Å². The highest BCUT2D eigenvalue weighted by Gasteiger charge is 2.18. The molecule has 1 N–H and O–H groups in total. The monoisotopic (exact) mass is 279 g/mol. The Balaban J connectivity index is 2.79. The number of nitrogens with zero attached hydrogens (tertiary/aromatic N) is 2. The summed E-state index contributed by atoms with van der Waals surface area (Å²) in [5, 5.41) is 3.07. The Hall–Kier alpha value is -1.62. The van der Waals surface area contributed by atoms with Gasteiger partial charge in [0.25, 0.3) is 5.91 Å². The SMILES string of the molecule is COc1ncccc1C(=O)NC(CC(C)C)CN(C)C. The molecule has 0 spiro atoms. The number of nitrogens with one attached hydrogen (secondary N) is 1. The summed E-state index contributed by atoms with van der Waals surface area (Å²) in [7, 11) is 5.53. The molecule has 0 aromatic carbocycles. The molecule has 1 atom stereocenters. The van der Waals surface area contributed by atoms with E-state index in [9.17, 15) is 4.79 Å². The zero-order valence-corrected chi connectivity index (χ0v) is 13.0. The van der Waals surface area contributed by atoms with E-state index in [1.54, 1.807) is 18.3 Å². The molecule has 5 nitrogen and oxygen atoms in total. The highest BCUT2D eigenvalue weighted by Crippen LogP contribution is 2.14. The lowest BCUT2D eigenvalue weighted by atomic mass is 10.0. The Labute approximate surface area is 121 Å². The van der Waals surface area contributed by atoms with Gasteiger partial charge < -0.3 is 15.0 Å². The van der Waals surface area contributed by atoms with Crippen molar-refractivity contribution in [1.82, 2.24) is 15.2 Å². The van der Waals surface area contributed by atoms with Crippen LogP contribution in [0.2, 0.25) is 0 Å². The summed E-state index contributed by atoms with van der Waals surface area (Å²) in [6.07, 6.45) is 2.55. The van der Waals surface area contributed by atoms with Crippen LogP contribution in [0.1, 0.15) is 30.6 Å². The normalized spacial score (nSPS) is 12.6. The van der Waals surface area contributed by atoms with Crippen molar-refractivity contribution in [1.29, 1.82) is 0 Å². The largest absolute Gasteiger partial charge is 0.480 e. The van der Waals surface area contributed by atoms with Crippen molar-refractivity contribution in [2.75, 3.05) is 27.7 Å². The summed E-state index contributed by atoms with van der Waals surface area (Å²) in [5.74, 6) is 0.747. The first-order valence-electron chi connectivity index (χ1n) is 6.88. The van der Waals surface area contributed by atoms with Crippen molar-refractivity contribution in [3.63, 3.8) is 0 Å². The molecule has 1 heterocycles. The van der Waals surface area contributed by atoms with Gasteiger partial charge in [0.1, 0.15) is 5.56 Å². The minimum Gasteiger partial charge on any atom is -0.480 e. The van der Waals surface area contributed by atoms with Gasteiger partial charge in [-0.05, 0) is 38.6 Å². The number of carbonyl (C=O) groups is 1. The number of hydrogen-bond donors (Lipinski definition) is 1. The third-order valence-corrected chi connectivity index (χ3v) is 2.89. The first-order valence-corrected chi connectivity index (χ1v) is 6.88. The lowest BCUT2D eigenvalue weighted by Gasteiger charge is -2.24. The Morgan fingerprint density at radius 2 is 2.15 bits per heavy atom. The van der Waals surface area contributed by atoms with Gasteiger partial charge in [0, 0.05) is 18.8 Å². The third kappa shape index (κ3) is 5.17. The predicted octanol–water partition coefficient (Wildman–Crippen LogP) is 1.80. The van der Waals surface area contributed by atoms with Crippen molar-refractivity contribution in [3.05, 3.63) is 23.9 Å². The number of hydrogen-bond acceptors (Lipinski definition) is 4. The lowest BCUT2D eigenvalue weighted by Crippen LogP contribution is -2.42. The van der Waals surface area contributed by atoms with Gasteiger partial charge in [-0.15, -0.1) is 0 Å². The summed E-state index contributed by atoms with van der Waals surface area (Å²) in [5.41, 5.74) is 0.475. The van der Waals surface area contributed by atoms with Gasteiger partial charge in [-0.1, -0.05) is 13.8 Å². The summed E-state index contributed by atoms with van der Waals surface area (Å²) >= 11 is 0. The Morgan fingerprint density at radius 3 is 2.70 bits per heavy atom. The van der Waals surface area contributed by atoms with Crippen LogP contribution in [0.25, 0.3) is 0 Å². The van der Waals surface area contributed by atoms with E-state index in [1.807, 2.05) is 14.1 Å². The smallest absolute Gasteiger partial charge is 0.257 e. The molecule has 1 rings (SSSR count). The predicted molar refractivity (Wildman–Crippen MR) is 80.1 cm³/mol. The number of amides is 1. The number of rotatable bonds is 7. The average Bonchev–Trinajstić information content (AvgIpc) is 2.36. The highest BCUT2D eigenvalue weighted by atomic mass is 16.5. The van der Waals surface area contributed by atoms with Crippen LogP contribution in [-0.4, -0.2) is 49.6 Å². The van der Waals surface area contributed by atoms with Crippen LogP contribution >= 0.6 is 0 Å². The number of pyridine rings is 1. The Morgan fingerprint density at radius 1 is 1.45 bits per heavy atom. The average molecular weight is 279 g/mol. The number of carbonyl (C=O) groups excluding carboxylic acids is 1. The van der Waals surface area contributed by atoms with Gasteiger partial charge in [-0.2, -0.15) is 0 Å². The van der Waals surface area contributed by atoms with Crippen LogP contribution in [0.15, 0.2) is 18.3 Å². The second-order valence-corrected chi connectivity index (χ2v) is 5.62. The molecule has 0 bridgehead atoms.